The van der Waals surface area contributed by atoms with E-state index in [-0.39, 0.29) is 42.4 Å². The largest absolute Gasteiger partial charge is 0.494 e. The molecule has 0 spiro atoms. The molecule has 4 aliphatic heterocycles. The molecule has 0 radical (unpaired) electrons. The van der Waals surface area contributed by atoms with Gasteiger partial charge in [-0.25, -0.2) is 4.79 Å². The van der Waals surface area contributed by atoms with E-state index in [1.165, 1.54) is 11.6 Å². The van der Waals surface area contributed by atoms with E-state index in [1.807, 2.05) is 128 Å². The molecule has 70 heavy (non-hydrogen) atoms. The number of hydrogen-bond acceptors (Lipinski definition) is 14. The highest BCUT2D eigenvalue weighted by atomic mass is 16.7. The smallest absolute Gasteiger partial charge is 0.399 e. The zero-order chi connectivity index (χ0) is 50.2. The van der Waals surface area contributed by atoms with E-state index < -0.39 is 0 Å². The molecular formula is C54H74B2N4O10. The average molecular weight is 961 g/mol. The first kappa shape index (κ1) is 54.8. The van der Waals surface area contributed by atoms with Crippen LogP contribution in [0.4, 0.5) is 11.4 Å². The summed E-state index contributed by atoms with van der Waals surface area (Å²) in [6.45, 7) is 28.2. The van der Waals surface area contributed by atoms with Crippen LogP contribution >= 0.6 is 0 Å². The number of anilines is 1. The molecular weight excluding hydrogens is 886 g/mol. The molecule has 16 heteroatoms. The number of ketones is 1. The van der Waals surface area contributed by atoms with Crippen molar-refractivity contribution in [3.8, 4) is 0 Å². The minimum atomic E-state index is -0.385. The minimum Gasteiger partial charge on any atom is -0.399 e. The molecule has 2 N–H and O–H groups in total. The number of ether oxygens (including phenoxy) is 4. The second kappa shape index (κ2) is 25.7. The maximum atomic E-state index is 12.7. The lowest BCUT2D eigenvalue weighted by atomic mass is 9.78. The number of nitrogen functional groups attached to an aromatic ring is 1. The van der Waals surface area contributed by atoms with Crippen molar-refractivity contribution in [1.29, 1.82) is 0 Å². The van der Waals surface area contributed by atoms with E-state index in [1.54, 1.807) is 12.1 Å². The summed E-state index contributed by atoms with van der Waals surface area (Å²) >= 11 is 0. The fraction of sp³-hybridized carbons (Fsp3) is 0.519. The topological polar surface area (TPSA) is 153 Å². The van der Waals surface area contributed by atoms with Crippen LogP contribution in [-0.4, -0.2) is 137 Å². The van der Waals surface area contributed by atoms with Gasteiger partial charge in [0, 0.05) is 57.8 Å². The Morgan fingerprint density at radius 3 is 1.29 bits per heavy atom. The number of nitrogens with zero attached hydrogens (tertiary/aromatic N) is 3. The van der Waals surface area contributed by atoms with Crippen LogP contribution in [0.3, 0.4) is 0 Å². The first-order valence-electron chi connectivity index (χ1n) is 24.6. The highest BCUT2D eigenvalue weighted by molar-refractivity contribution is 6.62. The molecule has 14 nitrogen and oxygen atoms in total. The zero-order valence-electron chi connectivity index (χ0n) is 42.7. The monoisotopic (exact) mass is 961 g/mol. The number of rotatable bonds is 17. The quantitative estimate of drug-likeness (QED) is 0.0417. The summed E-state index contributed by atoms with van der Waals surface area (Å²) in [4.78, 5) is 31.1. The summed E-state index contributed by atoms with van der Waals surface area (Å²) in [5.74, 6) is 0.197. The van der Waals surface area contributed by atoms with Crippen molar-refractivity contribution in [3.63, 3.8) is 0 Å². The van der Waals surface area contributed by atoms with Crippen LogP contribution in [0.25, 0.3) is 0 Å². The summed E-state index contributed by atoms with van der Waals surface area (Å²) in [7, 11) is -0.768. The van der Waals surface area contributed by atoms with Gasteiger partial charge in [-0.15, -0.1) is 0 Å². The molecule has 0 unspecified atom stereocenters. The van der Waals surface area contributed by atoms with Crippen molar-refractivity contribution >= 4 is 48.4 Å². The number of isocyanates is 1. The van der Waals surface area contributed by atoms with Crippen molar-refractivity contribution in [2.75, 3.05) is 84.6 Å². The van der Waals surface area contributed by atoms with Crippen LogP contribution in [0.2, 0.25) is 0 Å². The van der Waals surface area contributed by atoms with Crippen molar-refractivity contribution in [2.24, 2.45) is 4.99 Å². The van der Waals surface area contributed by atoms with Gasteiger partial charge in [0.15, 0.2) is 0 Å². The molecule has 4 aromatic rings. The Balaban J connectivity index is 0.000000192. The van der Waals surface area contributed by atoms with Gasteiger partial charge in [-0.1, -0.05) is 72.8 Å². The van der Waals surface area contributed by atoms with E-state index in [4.69, 9.17) is 43.3 Å². The van der Waals surface area contributed by atoms with E-state index >= 15 is 0 Å². The van der Waals surface area contributed by atoms with E-state index in [2.05, 4.69) is 26.9 Å². The van der Waals surface area contributed by atoms with Gasteiger partial charge in [0.05, 0.1) is 80.9 Å². The minimum absolute atomic E-state index is 0.197. The van der Waals surface area contributed by atoms with Crippen LogP contribution in [0.5, 0.6) is 0 Å². The van der Waals surface area contributed by atoms with Crippen molar-refractivity contribution in [1.82, 2.24) is 9.80 Å². The standard InChI is InChI=1S/C28H38BNO5.C13H16BNO3.C13H20N2O2/c1-27(2)28(3,4)35-29(34-27)25-11-9-23(10-12-25)20-26(31)19-22-5-7-24(8-6-22)21-33-18-15-30-13-16-32-17-14-30;1-12(2)13(3,4)18-14(17-12)10-5-7-11(8-6-10)15-9-16;14-13-3-1-12(2-4-13)11-17-10-7-15-5-8-16-9-6-15/h5-12H,13-21H2,1-4H3;5-8H,1-4H3;1-4H,5-11,14H2. The zero-order valence-corrected chi connectivity index (χ0v) is 42.7. The number of aliphatic imine (C=N–C) groups is 1. The normalized spacial score (nSPS) is 19.3. The molecule has 0 bridgehead atoms. The molecule has 4 aromatic carbocycles. The van der Waals surface area contributed by atoms with Crippen LogP contribution in [-0.2, 0) is 73.2 Å². The summed E-state index contributed by atoms with van der Waals surface area (Å²) in [6.07, 6.45) is 2.35. The van der Waals surface area contributed by atoms with Crippen molar-refractivity contribution in [3.05, 3.63) is 119 Å². The third-order valence-corrected chi connectivity index (χ3v) is 13.8. The molecule has 0 atom stereocenters. The highest BCUT2D eigenvalue weighted by Crippen LogP contribution is 2.37. The Kier molecular flexibility index (Phi) is 20.1. The Hall–Kier alpha value is -4.54. The molecule has 8 rings (SSSR count). The second-order valence-corrected chi connectivity index (χ2v) is 20.2. The van der Waals surface area contributed by atoms with E-state index in [9.17, 15) is 9.59 Å². The molecule has 0 amide bonds. The Bertz CT molecular complexity index is 2230. The number of hydrogen-bond donors (Lipinski definition) is 1. The van der Waals surface area contributed by atoms with Gasteiger partial charge in [-0.2, -0.15) is 4.99 Å². The molecule has 0 aromatic heterocycles. The number of Topliss-reactive ketones (excluding diaryl/α,β-unsaturated/α-hetero) is 1. The van der Waals surface area contributed by atoms with Gasteiger partial charge < -0.3 is 43.3 Å². The van der Waals surface area contributed by atoms with Crippen LogP contribution in [0, 0.1) is 0 Å². The highest BCUT2D eigenvalue weighted by Gasteiger charge is 2.52. The first-order valence-corrected chi connectivity index (χ1v) is 24.6. The first-order chi connectivity index (χ1) is 33.4. The number of carbonyl (C=O) groups is 1. The fourth-order valence-corrected chi connectivity index (χ4v) is 7.81. The summed E-state index contributed by atoms with van der Waals surface area (Å²) in [5, 5.41) is 0. The molecule has 4 fully saturated rings. The van der Waals surface area contributed by atoms with Gasteiger partial charge in [0.2, 0.25) is 6.08 Å². The predicted octanol–water partition coefficient (Wildman–Crippen LogP) is 6.26. The van der Waals surface area contributed by atoms with Gasteiger partial charge >= 0.3 is 14.2 Å². The summed E-state index contributed by atoms with van der Waals surface area (Å²) in [6, 6.07) is 31.1. The Morgan fingerprint density at radius 1 is 0.557 bits per heavy atom. The van der Waals surface area contributed by atoms with Gasteiger partial charge in [-0.05, 0) is 113 Å². The summed E-state index contributed by atoms with van der Waals surface area (Å²) in [5.41, 5.74) is 11.8. The molecule has 4 heterocycles. The third kappa shape index (κ3) is 16.5. The second-order valence-electron chi connectivity index (χ2n) is 20.2. The number of benzene rings is 4. The number of morpholine rings is 2. The van der Waals surface area contributed by atoms with Crippen molar-refractivity contribution in [2.45, 2.75) is 104 Å². The molecule has 0 aliphatic carbocycles. The SMILES string of the molecule is CC1(C)OB(c2ccc(CC(=O)Cc3ccc(COCCN4CCOCC4)cc3)cc2)OC1(C)C.CC1(C)OB(c2ccc(N=C=O)cc2)OC1(C)C.Nc1ccc(COCCN2CCOCC2)cc1. The Labute approximate surface area is 416 Å². The molecule has 4 aliphatic rings. The fourth-order valence-electron chi connectivity index (χ4n) is 7.81. The van der Waals surface area contributed by atoms with Crippen LogP contribution in [0.1, 0.15) is 77.6 Å². The lowest BCUT2D eigenvalue weighted by Gasteiger charge is -2.32. The molecule has 0 saturated carbocycles. The van der Waals surface area contributed by atoms with Gasteiger partial charge in [0.1, 0.15) is 5.78 Å². The van der Waals surface area contributed by atoms with Crippen LogP contribution < -0.4 is 16.7 Å². The maximum absolute atomic E-state index is 12.7. The van der Waals surface area contributed by atoms with Crippen LogP contribution in [0.15, 0.2) is 102 Å². The molecule has 4 saturated heterocycles. The predicted molar refractivity (Wildman–Crippen MR) is 276 cm³/mol. The third-order valence-electron chi connectivity index (χ3n) is 13.8. The lowest BCUT2D eigenvalue weighted by Crippen LogP contribution is -2.41. The van der Waals surface area contributed by atoms with Gasteiger partial charge in [-0.3, -0.25) is 14.6 Å². The lowest BCUT2D eigenvalue weighted by molar-refractivity contribution is -0.117. The van der Waals surface area contributed by atoms with Crippen molar-refractivity contribution < 1.29 is 47.2 Å². The van der Waals surface area contributed by atoms with Gasteiger partial charge in [0.25, 0.3) is 0 Å². The average Bonchev–Trinajstić information content (AvgIpc) is 3.71. The Morgan fingerprint density at radius 2 is 0.900 bits per heavy atom. The maximum Gasteiger partial charge on any atom is 0.494 e. The summed E-state index contributed by atoms with van der Waals surface area (Å²) < 4.78 is 46.2. The van der Waals surface area contributed by atoms with E-state index in [0.29, 0.717) is 38.3 Å². The number of nitrogens with two attached hydrogens (primary N) is 1. The number of carbonyl (C=O) groups excluding carboxylic acids is 2. The van der Waals surface area contributed by atoms with E-state index in [0.717, 1.165) is 106 Å². The molecule has 376 valence electrons.